The molecule has 1 aliphatic heterocycles. The van der Waals surface area contributed by atoms with Crippen LogP contribution in [0.3, 0.4) is 0 Å². The zero-order valence-corrected chi connectivity index (χ0v) is 17.3. The minimum atomic E-state index is -0.661. The molecule has 0 saturated carbocycles. The van der Waals surface area contributed by atoms with Gasteiger partial charge < -0.3 is 24.8 Å². The molecule has 0 aromatic carbocycles. The lowest BCUT2D eigenvalue weighted by atomic mass is 9.99. The van der Waals surface area contributed by atoms with Crippen molar-refractivity contribution in [1.82, 2.24) is 10.6 Å². The fourth-order valence-electron chi connectivity index (χ4n) is 2.67. The van der Waals surface area contributed by atoms with Gasteiger partial charge in [-0.1, -0.05) is 27.7 Å². The molecule has 0 bridgehead atoms. The molecule has 1 aliphatic rings. The minimum Gasteiger partial charge on any atom is -0.466 e. The van der Waals surface area contributed by atoms with Crippen molar-refractivity contribution in [2.45, 2.75) is 72.1 Å². The third-order valence-electron chi connectivity index (χ3n) is 4.24. The number of esters is 3. The van der Waals surface area contributed by atoms with Crippen molar-refractivity contribution in [3.8, 4) is 0 Å². The molecule has 2 amide bonds. The van der Waals surface area contributed by atoms with Crippen LogP contribution in [0.1, 0.15) is 53.9 Å². The first-order valence-corrected chi connectivity index (χ1v) is 9.75. The Labute approximate surface area is 165 Å². The van der Waals surface area contributed by atoms with Crippen molar-refractivity contribution >= 4 is 23.9 Å². The van der Waals surface area contributed by atoms with Crippen molar-refractivity contribution in [2.75, 3.05) is 13.2 Å². The molecule has 0 aliphatic carbocycles. The van der Waals surface area contributed by atoms with Crippen molar-refractivity contribution < 1.29 is 33.4 Å². The molecule has 0 radical (unpaired) electrons. The van der Waals surface area contributed by atoms with Crippen LogP contribution in [0.5, 0.6) is 0 Å². The summed E-state index contributed by atoms with van der Waals surface area (Å²) in [5, 5.41) is 5.42. The minimum absolute atomic E-state index is 0.0337. The van der Waals surface area contributed by atoms with Gasteiger partial charge in [-0.15, -0.1) is 0 Å². The lowest BCUT2D eigenvalue weighted by molar-refractivity contribution is -0.156. The van der Waals surface area contributed by atoms with Crippen LogP contribution in [0.2, 0.25) is 0 Å². The molecule has 9 nitrogen and oxygen atoms in total. The highest BCUT2D eigenvalue weighted by molar-refractivity contribution is 5.78. The van der Waals surface area contributed by atoms with E-state index >= 15 is 0 Å². The molecule has 2 N–H and O–H groups in total. The number of rotatable bonds is 11. The highest BCUT2D eigenvalue weighted by Crippen LogP contribution is 2.18. The summed E-state index contributed by atoms with van der Waals surface area (Å²) in [6.07, 6.45) is 0.314. The van der Waals surface area contributed by atoms with Crippen LogP contribution in [0.15, 0.2) is 0 Å². The molecule has 0 aromatic heterocycles. The largest absolute Gasteiger partial charge is 0.466 e. The molecule has 1 heterocycles. The second kappa shape index (κ2) is 11.5. The van der Waals surface area contributed by atoms with Gasteiger partial charge in [0.15, 0.2) is 0 Å². The SMILES string of the molecule is CCOC(=O)CCCC(OC(=O)C(C)C)C1NC(=O)NC1COC(=O)C(C)C. The van der Waals surface area contributed by atoms with Crippen LogP contribution in [0, 0.1) is 11.8 Å². The smallest absolute Gasteiger partial charge is 0.315 e. The second-order valence-electron chi connectivity index (χ2n) is 7.36. The van der Waals surface area contributed by atoms with Crippen molar-refractivity contribution in [1.29, 1.82) is 0 Å². The fourth-order valence-corrected chi connectivity index (χ4v) is 2.67. The zero-order chi connectivity index (χ0) is 21.3. The predicted molar refractivity (Wildman–Crippen MR) is 100 cm³/mol. The third kappa shape index (κ3) is 7.74. The average molecular weight is 400 g/mol. The highest BCUT2D eigenvalue weighted by Gasteiger charge is 2.40. The number of amides is 2. The summed E-state index contributed by atoms with van der Waals surface area (Å²) >= 11 is 0. The summed E-state index contributed by atoms with van der Waals surface area (Å²) in [6.45, 7) is 8.86. The van der Waals surface area contributed by atoms with Gasteiger partial charge in [0, 0.05) is 6.42 Å². The molecule has 9 heteroatoms. The normalized spacial score (nSPS) is 19.8. The standard InChI is InChI=1S/C19H32N2O7/c1-6-26-15(22)9-7-8-14(28-18(24)12(4)5)16-13(20-19(25)21-16)10-27-17(23)11(2)3/h11-14,16H,6-10H2,1-5H3,(H2,20,21,25). The van der Waals surface area contributed by atoms with Gasteiger partial charge in [0.2, 0.25) is 0 Å². The maximum Gasteiger partial charge on any atom is 0.315 e. The van der Waals surface area contributed by atoms with E-state index in [1.54, 1.807) is 34.6 Å². The molecule has 1 rings (SSSR count). The van der Waals surface area contributed by atoms with Crippen LogP contribution in [-0.2, 0) is 28.6 Å². The Bertz CT molecular complexity index is 562. The molecule has 160 valence electrons. The van der Waals surface area contributed by atoms with Crippen LogP contribution in [0.25, 0.3) is 0 Å². The van der Waals surface area contributed by atoms with Gasteiger partial charge in [-0.25, -0.2) is 4.79 Å². The van der Waals surface area contributed by atoms with Crippen molar-refractivity contribution in [3.05, 3.63) is 0 Å². The Morgan fingerprint density at radius 3 is 2.21 bits per heavy atom. The first-order valence-electron chi connectivity index (χ1n) is 9.75. The van der Waals surface area contributed by atoms with E-state index in [4.69, 9.17) is 14.2 Å². The summed E-state index contributed by atoms with van der Waals surface area (Å²) in [5.41, 5.74) is 0. The zero-order valence-electron chi connectivity index (χ0n) is 17.3. The Hall–Kier alpha value is -2.32. The summed E-state index contributed by atoms with van der Waals surface area (Å²) in [4.78, 5) is 47.3. The molecule has 0 aromatic rings. The molecular formula is C19H32N2O7. The summed E-state index contributed by atoms with van der Waals surface area (Å²) in [6, 6.07) is -1.54. The van der Waals surface area contributed by atoms with E-state index in [1.165, 1.54) is 0 Å². The van der Waals surface area contributed by atoms with Gasteiger partial charge in [-0.05, 0) is 19.8 Å². The Morgan fingerprint density at radius 1 is 1.00 bits per heavy atom. The third-order valence-corrected chi connectivity index (χ3v) is 4.24. The Morgan fingerprint density at radius 2 is 1.64 bits per heavy atom. The van der Waals surface area contributed by atoms with E-state index in [9.17, 15) is 19.2 Å². The number of carbonyl (C=O) groups is 4. The highest BCUT2D eigenvalue weighted by atomic mass is 16.6. The van der Waals surface area contributed by atoms with Crippen LogP contribution in [0.4, 0.5) is 4.79 Å². The fraction of sp³-hybridized carbons (Fsp3) is 0.789. The number of urea groups is 1. The van der Waals surface area contributed by atoms with Crippen LogP contribution >= 0.6 is 0 Å². The first kappa shape index (κ1) is 23.7. The Kier molecular flexibility index (Phi) is 9.75. The van der Waals surface area contributed by atoms with Gasteiger partial charge in [0.25, 0.3) is 0 Å². The van der Waals surface area contributed by atoms with Crippen molar-refractivity contribution in [3.63, 3.8) is 0 Å². The first-order chi connectivity index (χ1) is 13.1. The van der Waals surface area contributed by atoms with E-state index in [0.29, 0.717) is 19.4 Å². The van der Waals surface area contributed by atoms with Gasteiger partial charge in [0.1, 0.15) is 12.7 Å². The van der Waals surface area contributed by atoms with Crippen LogP contribution < -0.4 is 10.6 Å². The van der Waals surface area contributed by atoms with E-state index in [1.807, 2.05) is 0 Å². The van der Waals surface area contributed by atoms with Crippen LogP contribution in [-0.4, -0.2) is 55.3 Å². The van der Waals surface area contributed by atoms with Gasteiger partial charge >= 0.3 is 23.9 Å². The lowest BCUT2D eigenvalue weighted by Crippen LogP contribution is -2.48. The van der Waals surface area contributed by atoms with E-state index in [2.05, 4.69) is 10.6 Å². The number of ether oxygens (including phenoxy) is 3. The monoisotopic (exact) mass is 400 g/mol. The second-order valence-corrected chi connectivity index (χ2v) is 7.36. The topological polar surface area (TPSA) is 120 Å². The van der Waals surface area contributed by atoms with Gasteiger partial charge in [0.05, 0.1) is 30.5 Å². The molecule has 28 heavy (non-hydrogen) atoms. The average Bonchev–Trinajstić information content (AvgIpc) is 2.99. The van der Waals surface area contributed by atoms with Gasteiger partial charge in [-0.2, -0.15) is 0 Å². The maximum absolute atomic E-state index is 12.1. The predicted octanol–water partition coefficient (Wildman–Crippen LogP) is 1.54. The maximum atomic E-state index is 12.1. The molecule has 1 saturated heterocycles. The quantitative estimate of drug-likeness (QED) is 0.399. The number of hydrogen-bond donors (Lipinski definition) is 2. The molecular weight excluding hydrogens is 368 g/mol. The molecule has 1 fully saturated rings. The van der Waals surface area contributed by atoms with Gasteiger partial charge in [-0.3, -0.25) is 14.4 Å². The van der Waals surface area contributed by atoms with E-state index in [0.717, 1.165) is 0 Å². The summed E-state index contributed by atoms with van der Waals surface area (Å²) < 4.78 is 15.7. The molecule has 0 spiro atoms. The van der Waals surface area contributed by atoms with E-state index < -0.39 is 30.2 Å². The van der Waals surface area contributed by atoms with E-state index in [-0.39, 0.29) is 36.8 Å². The summed E-state index contributed by atoms with van der Waals surface area (Å²) in [5.74, 6) is -1.73. The number of nitrogens with one attached hydrogen (secondary N) is 2. The molecule has 3 unspecified atom stereocenters. The van der Waals surface area contributed by atoms with Crippen molar-refractivity contribution in [2.24, 2.45) is 11.8 Å². The Balaban J connectivity index is 2.79. The number of hydrogen-bond acceptors (Lipinski definition) is 7. The lowest BCUT2D eigenvalue weighted by Gasteiger charge is -2.28. The number of carbonyl (C=O) groups excluding carboxylic acids is 4. The summed E-state index contributed by atoms with van der Waals surface area (Å²) in [7, 11) is 0. The molecule has 3 atom stereocenters.